The summed E-state index contributed by atoms with van der Waals surface area (Å²) in [7, 11) is -3.94. The van der Waals surface area contributed by atoms with E-state index >= 15 is 0 Å². The SMILES string of the molecule is O=S(=O)(c1scc(Nc2nsnc2Nc2cccc(Cl)c2Cl)c1O)N1CCCC1CO. The summed E-state index contributed by atoms with van der Waals surface area (Å²) in [6.07, 6.45) is 1.24. The van der Waals surface area contributed by atoms with Crippen LogP contribution < -0.4 is 10.6 Å². The standard InChI is InChI=1S/C17H17Cl2N5O4S3/c18-10-4-1-5-11(13(10)19)20-15-16(23-30-22-15)21-12-8-29-17(14(12)26)31(27,28)24-6-2-3-9(24)7-25/h1,4-5,8-9,25-26H,2-3,6-7H2,(H,20,22)(H,21,23). The van der Waals surface area contributed by atoms with Crippen molar-refractivity contribution in [2.45, 2.75) is 23.1 Å². The first-order chi connectivity index (χ1) is 14.8. The Morgan fingerprint density at radius 1 is 1.19 bits per heavy atom. The first kappa shape index (κ1) is 22.5. The summed E-state index contributed by atoms with van der Waals surface area (Å²) in [4.78, 5) is 0. The maximum atomic E-state index is 13.0. The third kappa shape index (κ3) is 4.33. The van der Waals surface area contributed by atoms with Crippen molar-refractivity contribution in [2.24, 2.45) is 0 Å². The van der Waals surface area contributed by atoms with Crippen LogP contribution in [-0.2, 0) is 10.0 Å². The fraction of sp³-hybridized carbons (Fsp3) is 0.294. The van der Waals surface area contributed by atoms with Crippen molar-refractivity contribution in [3.8, 4) is 5.75 Å². The van der Waals surface area contributed by atoms with Gasteiger partial charge in [-0.25, -0.2) is 8.42 Å². The van der Waals surface area contributed by atoms with E-state index in [2.05, 4.69) is 19.4 Å². The van der Waals surface area contributed by atoms with Crippen molar-refractivity contribution in [3.05, 3.63) is 33.6 Å². The van der Waals surface area contributed by atoms with Crippen molar-refractivity contribution >= 4 is 79.3 Å². The monoisotopic (exact) mass is 521 g/mol. The number of aromatic hydroxyl groups is 1. The van der Waals surface area contributed by atoms with Crippen molar-refractivity contribution in [3.63, 3.8) is 0 Å². The van der Waals surface area contributed by atoms with E-state index < -0.39 is 21.8 Å². The number of anilines is 4. The molecule has 166 valence electrons. The number of thiophene rings is 1. The molecular formula is C17H17Cl2N5O4S3. The summed E-state index contributed by atoms with van der Waals surface area (Å²) in [5.41, 5.74) is 0.697. The number of aliphatic hydroxyl groups excluding tert-OH is 1. The number of aliphatic hydroxyl groups is 1. The zero-order valence-electron chi connectivity index (χ0n) is 15.7. The summed E-state index contributed by atoms with van der Waals surface area (Å²) < 4.78 is 35.4. The molecule has 9 nitrogen and oxygen atoms in total. The van der Waals surface area contributed by atoms with Crippen LogP contribution in [0.1, 0.15) is 12.8 Å². The number of sulfonamides is 1. The molecule has 0 aliphatic carbocycles. The fourth-order valence-corrected chi connectivity index (χ4v) is 7.08. The number of aromatic nitrogens is 2. The molecule has 1 aromatic carbocycles. The van der Waals surface area contributed by atoms with Crippen LogP contribution in [0.5, 0.6) is 5.75 Å². The lowest BCUT2D eigenvalue weighted by molar-refractivity contribution is 0.213. The van der Waals surface area contributed by atoms with Gasteiger partial charge in [0, 0.05) is 18.0 Å². The molecule has 4 N–H and O–H groups in total. The average molecular weight is 522 g/mol. The van der Waals surface area contributed by atoms with Crippen LogP contribution in [-0.4, -0.2) is 50.9 Å². The van der Waals surface area contributed by atoms with Gasteiger partial charge in [0.1, 0.15) is 0 Å². The molecule has 3 heterocycles. The summed E-state index contributed by atoms with van der Waals surface area (Å²) in [6, 6.07) is 4.62. The number of nitrogens with one attached hydrogen (secondary N) is 2. The molecule has 3 aromatic rings. The lowest BCUT2D eigenvalue weighted by Crippen LogP contribution is -2.37. The number of hydrogen-bond donors (Lipinski definition) is 4. The third-order valence-electron chi connectivity index (χ3n) is 4.76. The number of nitrogens with zero attached hydrogens (tertiary/aromatic N) is 3. The quantitative estimate of drug-likeness (QED) is 0.363. The van der Waals surface area contributed by atoms with Crippen LogP contribution in [0.3, 0.4) is 0 Å². The van der Waals surface area contributed by atoms with Crippen LogP contribution >= 0.6 is 46.3 Å². The summed E-state index contributed by atoms with van der Waals surface area (Å²) >= 11 is 14.0. The minimum absolute atomic E-state index is 0.177. The molecule has 0 saturated carbocycles. The van der Waals surface area contributed by atoms with Crippen molar-refractivity contribution < 1.29 is 18.6 Å². The Balaban J connectivity index is 1.58. The molecule has 0 amide bonds. The van der Waals surface area contributed by atoms with Gasteiger partial charge >= 0.3 is 0 Å². The molecule has 1 unspecified atom stereocenters. The Kier molecular flexibility index (Phi) is 6.58. The third-order valence-corrected chi connectivity index (χ3v) is 9.54. The van der Waals surface area contributed by atoms with Gasteiger partial charge < -0.3 is 20.8 Å². The average Bonchev–Trinajstić information content (AvgIpc) is 3.47. The van der Waals surface area contributed by atoms with Crippen molar-refractivity contribution in [2.75, 3.05) is 23.8 Å². The van der Waals surface area contributed by atoms with Crippen molar-refractivity contribution in [1.82, 2.24) is 13.1 Å². The Hall–Kier alpha value is -1.67. The lowest BCUT2D eigenvalue weighted by atomic mass is 10.2. The van der Waals surface area contributed by atoms with E-state index in [9.17, 15) is 18.6 Å². The largest absolute Gasteiger partial charge is 0.504 e. The highest BCUT2D eigenvalue weighted by Crippen LogP contribution is 2.43. The van der Waals surface area contributed by atoms with Crippen LogP contribution in [0.4, 0.5) is 23.0 Å². The Labute approximate surface area is 196 Å². The van der Waals surface area contributed by atoms with E-state index in [1.54, 1.807) is 18.2 Å². The minimum Gasteiger partial charge on any atom is -0.504 e. The van der Waals surface area contributed by atoms with Gasteiger partial charge in [-0.3, -0.25) is 0 Å². The second kappa shape index (κ2) is 9.06. The van der Waals surface area contributed by atoms with Gasteiger partial charge in [-0.15, -0.1) is 11.3 Å². The maximum Gasteiger partial charge on any atom is 0.256 e. The molecule has 1 aliphatic heterocycles. The van der Waals surface area contributed by atoms with Crippen molar-refractivity contribution in [1.29, 1.82) is 0 Å². The second-order valence-corrected chi connectivity index (χ2v) is 11.0. The second-order valence-electron chi connectivity index (χ2n) is 6.69. The molecule has 1 aliphatic rings. The highest BCUT2D eigenvalue weighted by molar-refractivity contribution is 7.91. The molecule has 1 atom stereocenters. The zero-order chi connectivity index (χ0) is 22.2. The van der Waals surface area contributed by atoms with Crippen LogP contribution in [0.15, 0.2) is 27.8 Å². The van der Waals surface area contributed by atoms with Gasteiger partial charge in [-0.05, 0) is 25.0 Å². The van der Waals surface area contributed by atoms with Crippen LogP contribution in [0, 0.1) is 0 Å². The molecule has 1 saturated heterocycles. The maximum absolute atomic E-state index is 13.0. The van der Waals surface area contributed by atoms with Crippen LogP contribution in [0.2, 0.25) is 10.0 Å². The van der Waals surface area contributed by atoms with E-state index in [1.807, 2.05) is 0 Å². The topological polar surface area (TPSA) is 128 Å². The highest BCUT2D eigenvalue weighted by Gasteiger charge is 2.38. The predicted molar refractivity (Wildman–Crippen MR) is 123 cm³/mol. The molecule has 31 heavy (non-hydrogen) atoms. The number of benzene rings is 1. The zero-order valence-corrected chi connectivity index (χ0v) is 19.7. The first-order valence-corrected chi connectivity index (χ1v) is 12.9. The van der Waals surface area contributed by atoms with Gasteiger partial charge in [0.2, 0.25) is 0 Å². The molecule has 4 rings (SSSR count). The predicted octanol–water partition coefficient (Wildman–Crippen LogP) is 4.24. The van der Waals surface area contributed by atoms with Crippen LogP contribution in [0.25, 0.3) is 0 Å². The van der Waals surface area contributed by atoms with E-state index in [0.29, 0.717) is 40.9 Å². The molecule has 14 heteroatoms. The molecule has 2 aromatic heterocycles. The smallest absolute Gasteiger partial charge is 0.256 e. The Morgan fingerprint density at radius 2 is 1.90 bits per heavy atom. The van der Waals surface area contributed by atoms with Gasteiger partial charge in [0.05, 0.1) is 39.8 Å². The highest BCUT2D eigenvalue weighted by atomic mass is 35.5. The normalized spacial score (nSPS) is 17.2. The summed E-state index contributed by atoms with van der Waals surface area (Å²) in [5, 5.41) is 28.2. The van der Waals surface area contributed by atoms with E-state index in [-0.39, 0.29) is 22.3 Å². The Bertz CT molecular complexity index is 1200. The summed E-state index contributed by atoms with van der Waals surface area (Å²) in [6.45, 7) is 0.0419. The fourth-order valence-electron chi connectivity index (χ4n) is 3.23. The van der Waals surface area contributed by atoms with E-state index in [0.717, 1.165) is 23.1 Å². The summed E-state index contributed by atoms with van der Waals surface area (Å²) in [5.74, 6) is 0.213. The van der Waals surface area contributed by atoms with Gasteiger partial charge in [0.15, 0.2) is 21.6 Å². The molecule has 0 radical (unpaired) electrons. The van der Waals surface area contributed by atoms with E-state index in [1.165, 1.54) is 9.69 Å². The number of rotatable bonds is 7. The van der Waals surface area contributed by atoms with E-state index in [4.69, 9.17) is 23.2 Å². The number of halogens is 2. The molecular weight excluding hydrogens is 505 g/mol. The molecule has 0 spiro atoms. The molecule has 0 bridgehead atoms. The number of hydrogen-bond acceptors (Lipinski definition) is 10. The van der Waals surface area contributed by atoms with Gasteiger partial charge in [-0.2, -0.15) is 13.1 Å². The minimum atomic E-state index is -3.94. The van der Waals surface area contributed by atoms with Gasteiger partial charge in [0.25, 0.3) is 10.0 Å². The lowest BCUT2D eigenvalue weighted by Gasteiger charge is -2.21. The Morgan fingerprint density at radius 3 is 2.61 bits per heavy atom. The first-order valence-electron chi connectivity index (χ1n) is 9.06. The molecule has 1 fully saturated rings. The van der Waals surface area contributed by atoms with Gasteiger partial charge in [-0.1, -0.05) is 29.3 Å².